The number of nitrogens with one attached hydrogen (secondary N) is 1. The minimum Gasteiger partial charge on any atom is -0.346 e. The second-order valence-electron chi connectivity index (χ2n) is 5.11. The predicted molar refractivity (Wildman–Crippen MR) is 90.4 cm³/mol. The van der Waals surface area contributed by atoms with Crippen LogP contribution in [-0.4, -0.2) is 24.3 Å². The first-order chi connectivity index (χ1) is 11.3. The topological polar surface area (TPSA) is 68.0 Å². The van der Waals surface area contributed by atoms with Crippen LogP contribution in [0.2, 0.25) is 0 Å². The van der Waals surface area contributed by atoms with Crippen LogP contribution in [0, 0.1) is 0 Å². The molecule has 0 radical (unpaired) electrons. The number of hydrogen-bond donors (Lipinski definition) is 1. The van der Waals surface area contributed by atoms with Gasteiger partial charge in [0.1, 0.15) is 0 Å². The Kier molecular flexibility index (Phi) is 3.47. The molecule has 0 aliphatic rings. The molecule has 4 aromatic heterocycles. The number of aromatic nitrogens is 5. The van der Waals surface area contributed by atoms with Crippen LogP contribution in [-0.2, 0) is 0 Å². The Bertz CT molecular complexity index is 901. The zero-order valence-corrected chi connectivity index (χ0v) is 13.2. The van der Waals surface area contributed by atoms with Gasteiger partial charge in [0.25, 0.3) is 0 Å². The molecular formula is C16H14N6S. The van der Waals surface area contributed by atoms with Gasteiger partial charge >= 0.3 is 0 Å². The molecule has 0 saturated carbocycles. The van der Waals surface area contributed by atoms with Gasteiger partial charge in [-0.2, -0.15) is 0 Å². The highest BCUT2D eigenvalue weighted by Crippen LogP contribution is 2.20. The lowest BCUT2D eigenvalue weighted by atomic mass is 10.2. The Labute approximate surface area is 136 Å². The van der Waals surface area contributed by atoms with Crippen molar-refractivity contribution < 1.29 is 0 Å². The van der Waals surface area contributed by atoms with Crippen LogP contribution in [0.25, 0.3) is 16.3 Å². The van der Waals surface area contributed by atoms with Gasteiger partial charge in [0.15, 0.2) is 4.96 Å². The quantitative estimate of drug-likeness (QED) is 0.623. The fourth-order valence-corrected chi connectivity index (χ4v) is 3.01. The van der Waals surface area contributed by atoms with Gasteiger partial charge in [0.2, 0.25) is 5.95 Å². The molecule has 0 saturated heterocycles. The van der Waals surface area contributed by atoms with E-state index in [2.05, 4.69) is 25.3 Å². The van der Waals surface area contributed by atoms with E-state index in [1.165, 1.54) is 0 Å². The number of pyridine rings is 1. The summed E-state index contributed by atoms with van der Waals surface area (Å²) in [5.74, 6) is 0.567. The number of thiazole rings is 1. The summed E-state index contributed by atoms with van der Waals surface area (Å²) in [7, 11) is 0. The monoisotopic (exact) mass is 322 g/mol. The number of rotatable bonds is 4. The lowest BCUT2D eigenvalue weighted by molar-refractivity contribution is 0.832. The van der Waals surface area contributed by atoms with E-state index in [1.807, 2.05) is 53.4 Å². The van der Waals surface area contributed by atoms with Crippen molar-refractivity contribution in [3.05, 3.63) is 60.1 Å². The molecule has 4 heterocycles. The molecule has 0 bridgehead atoms. The SMILES string of the molecule is CC(Nc1nccc(-c2ccccn2)n1)c1cn2ccsc2n1. The maximum Gasteiger partial charge on any atom is 0.223 e. The summed E-state index contributed by atoms with van der Waals surface area (Å²) >= 11 is 1.62. The first-order valence-corrected chi connectivity index (χ1v) is 8.10. The first kappa shape index (κ1) is 13.8. The van der Waals surface area contributed by atoms with Crippen molar-refractivity contribution in [3.63, 3.8) is 0 Å². The Balaban J connectivity index is 1.57. The lowest BCUT2D eigenvalue weighted by Gasteiger charge is -2.11. The third-order valence-corrected chi connectivity index (χ3v) is 4.25. The Morgan fingerprint density at radius 1 is 1.09 bits per heavy atom. The zero-order valence-electron chi connectivity index (χ0n) is 12.4. The Morgan fingerprint density at radius 2 is 2.04 bits per heavy atom. The average Bonchev–Trinajstić information content (AvgIpc) is 3.18. The van der Waals surface area contributed by atoms with Gasteiger partial charge in [0.05, 0.1) is 23.1 Å². The first-order valence-electron chi connectivity index (χ1n) is 7.23. The van der Waals surface area contributed by atoms with E-state index in [0.717, 1.165) is 22.0 Å². The summed E-state index contributed by atoms with van der Waals surface area (Å²) < 4.78 is 2.02. The van der Waals surface area contributed by atoms with Gasteiger partial charge in [-0.25, -0.2) is 15.0 Å². The average molecular weight is 322 g/mol. The summed E-state index contributed by atoms with van der Waals surface area (Å²) in [6.07, 6.45) is 7.51. The number of anilines is 1. The minimum absolute atomic E-state index is 0.0149. The van der Waals surface area contributed by atoms with E-state index in [0.29, 0.717) is 5.95 Å². The van der Waals surface area contributed by atoms with E-state index in [1.54, 1.807) is 23.7 Å². The zero-order chi connectivity index (χ0) is 15.6. The highest BCUT2D eigenvalue weighted by atomic mass is 32.1. The number of hydrogen-bond acceptors (Lipinski definition) is 6. The van der Waals surface area contributed by atoms with Crippen molar-refractivity contribution in [1.82, 2.24) is 24.3 Å². The molecular weight excluding hydrogens is 308 g/mol. The molecule has 1 N–H and O–H groups in total. The van der Waals surface area contributed by atoms with Crippen molar-refractivity contribution in [3.8, 4) is 11.4 Å². The second kappa shape index (κ2) is 5.77. The van der Waals surface area contributed by atoms with Gasteiger partial charge in [-0.1, -0.05) is 6.07 Å². The molecule has 114 valence electrons. The molecule has 4 aromatic rings. The van der Waals surface area contributed by atoms with Crippen LogP contribution in [0.1, 0.15) is 18.7 Å². The Hall–Kier alpha value is -2.80. The van der Waals surface area contributed by atoms with E-state index in [-0.39, 0.29) is 6.04 Å². The van der Waals surface area contributed by atoms with Crippen molar-refractivity contribution in [1.29, 1.82) is 0 Å². The van der Waals surface area contributed by atoms with Crippen molar-refractivity contribution in [2.45, 2.75) is 13.0 Å². The van der Waals surface area contributed by atoms with Gasteiger partial charge < -0.3 is 5.32 Å². The second-order valence-corrected chi connectivity index (χ2v) is 5.98. The molecule has 7 heteroatoms. The molecule has 0 aromatic carbocycles. The number of nitrogens with zero attached hydrogens (tertiary/aromatic N) is 5. The maximum absolute atomic E-state index is 4.60. The van der Waals surface area contributed by atoms with Gasteiger partial charge in [-0.15, -0.1) is 11.3 Å². The molecule has 4 rings (SSSR count). The standard InChI is InChI=1S/C16H14N6S/c1-11(14-10-22-8-9-23-16(22)21-14)19-15-18-7-5-13(20-15)12-4-2-3-6-17-12/h2-11H,1H3,(H,18,19,20). The number of imidazole rings is 1. The highest BCUT2D eigenvalue weighted by molar-refractivity contribution is 7.15. The molecule has 0 fully saturated rings. The molecule has 0 aliphatic carbocycles. The summed E-state index contributed by atoms with van der Waals surface area (Å²) in [6, 6.07) is 7.62. The normalized spacial score (nSPS) is 12.4. The molecule has 0 spiro atoms. The van der Waals surface area contributed by atoms with Crippen LogP contribution >= 0.6 is 11.3 Å². The van der Waals surface area contributed by atoms with Crippen LogP contribution < -0.4 is 5.32 Å². The van der Waals surface area contributed by atoms with Crippen LogP contribution in [0.3, 0.4) is 0 Å². The highest BCUT2D eigenvalue weighted by Gasteiger charge is 2.12. The van der Waals surface area contributed by atoms with Gasteiger partial charge in [0, 0.05) is 30.2 Å². The molecule has 0 amide bonds. The van der Waals surface area contributed by atoms with Crippen molar-refractivity contribution in [2.24, 2.45) is 0 Å². The molecule has 1 unspecified atom stereocenters. The Morgan fingerprint density at radius 3 is 2.87 bits per heavy atom. The number of fused-ring (bicyclic) bond motifs is 1. The smallest absolute Gasteiger partial charge is 0.223 e. The summed E-state index contributed by atoms with van der Waals surface area (Å²) in [5, 5.41) is 5.32. The van der Waals surface area contributed by atoms with Gasteiger partial charge in [-0.05, 0) is 25.1 Å². The van der Waals surface area contributed by atoms with Crippen LogP contribution in [0.5, 0.6) is 0 Å². The lowest BCUT2D eigenvalue weighted by Crippen LogP contribution is -2.10. The molecule has 0 aliphatic heterocycles. The molecule has 6 nitrogen and oxygen atoms in total. The third-order valence-electron chi connectivity index (χ3n) is 3.48. The third kappa shape index (κ3) is 2.78. The van der Waals surface area contributed by atoms with E-state index in [9.17, 15) is 0 Å². The van der Waals surface area contributed by atoms with Gasteiger partial charge in [-0.3, -0.25) is 9.38 Å². The fourth-order valence-electron chi connectivity index (χ4n) is 2.31. The fraction of sp³-hybridized carbons (Fsp3) is 0.125. The van der Waals surface area contributed by atoms with Crippen molar-refractivity contribution in [2.75, 3.05) is 5.32 Å². The summed E-state index contributed by atoms with van der Waals surface area (Å²) in [6.45, 7) is 2.04. The summed E-state index contributed by atoms with van der Waals surface area (Å²) in [4.78, 5) is 18.7. The predicted octanol–water partition coefficient (Wildman–Crippen LogP) is 3.42. The minimum atomic E-state index is 0.0149. The largest absolute Gasteiger partial charge is 0.346 e. The molecule has 1 atom stereocenters. The molecule has 23 heavy (non-hydrogen) atoms. The maximum atomic E-state index is 4.60. The van der Waals surface area contributed by atoms with E-state index in [4.69, 9.17) is 0 Å². The van der Waals surface area contributed by atoms with Crippen LogP contribution in [0.15, 0.2) is 54.4 Å². The van der Waals surface area contributed by atoms with Crippen molar-refractivity contribution >= 4 is 22.2 Å². The van der Waals surface area contributed by atoms with E-state index < -0.39 is 0 Å². The van der Waals surface area contributed by atoms with Crippen LogP contribution in [0.4, 0.5) is 5.95 Å². The summed E-state index contributed by atoms with van der Waals surface area (Å²) in [5.41, 5.74) is 2.58. The van der Waals surface area contributed by atoms with E-state index >= 15 is 0 Å².